The number of Topliss-reactive ketones (excluding diaryl/α,β-unsaturated/α-hetero) is 1. The summed E-state index contributed by atoms with van der Waals surface area (Å²) in [5, 5.41) is 3.15. The van der Waals surface area contributed by atoms with E-state index in [1.54, 1.807) is 16.7 Å². The maximum Gasteiger partial charge on any atom is 0.246 e. The maximum atomic E-state index is 12.5. The van der Waals surface area contributed by atoms with Crippen molar-refractivity contribution in [2.75, 3.05) is 20.1 Å². The lowest BCUT2D eigenvalue weighted by Crippen LogP contribution is -2.60. The molecule has 6 nitrogen and oxygen atoms in total. The number of fused-ring (bicyclic) bond motifs is 2. The molecule has 20 heavy (non-hydrogen) atoms. The average Bonchev–Trinajstić information content (AvgIpc) is 2.99. The third-order valence-corrected chi connectivity index (χ3v) is 4.81. The summed E-state index contributed by atoms with van der Waals surface area (Å²) in [4.78, 5) is 39.8. The first-order chi connectivity index (χ1) is 9.51. The van der Waals surface area contributed by atoms with Crippen LogP contribution in [0.25, 0.3) is 0 Å². The van der Waals surface area contributed by atoms with E-state index in [1.165, 1.54) is 0 Å². The van der Waals surface area contributed by atoms with E-state index in [-0.39, 0.29) is 41.6 Å². The van der Waals surface area contributed by atoms with Gasteiger partial charge < -0.3 is 19.9 Å². The lowest BCUT2D eigenvalue weighted by Gasteiger charge is -2.38. The van der Waals surface area contributed by atoms with Gasteiger partial charge in [0.1, 0.15) is 17.9 Å². The molecule has 110 valence electrons. The summed E-state index contributed by atoms with van der Waals surface area (Å²) >= 11 is 0. The first-order valence-electron chi connectivity index (χ1n) is 7.29. The molecule has 1 N–H and O–H groups in total. The van der Waals surface area contributed by atoms with Crippen molar-refractivity contribution in [2.24, 2.45) is 5.92 Å². The standard InChI is InChI=1S/C14H21N3O3/c1-8(18)3-9-4-11-13(19)17-7-10(15-2)5-12(17)14(20)16(11)6-9/h9-12,15H,3-7H2,1-2H3/t9-,10-,11?,12?/m0/s1. The van der Waals surface area contributed by atoms with Crippen LogP contribution >= 0.6 is 0 Å². The molecule has 2 amide bonds. The highest BCUT2D eigenvalue weighted by Crippen LogP contribution is 2.35. The molecule has 3 fully saturated rings. The van der Waals surface area contributed by atoms with Gasteiger partial charge in [-0.05, 0) is 32.7 Å². The van der Waals surface area contributed by atoms with Gasteiger partial charge in [-0.3, -0.25) is 9.59 Å². The van der Waals surface area contributed by atoms with Crippen molar-refractivity contribution < 1.29 is 14.4 Å². The minimum Gasteiger partial charge on any atom is -0.329 e. The number of carbonyl (C=O) groups excluding carboxylic acids is 3. The lowest BCUT2D eigenvalue weighted by molar-refractivity contribution is -0.156. The van der Waals surface area contributed by atoms with E-state index in [1.807, 2.05) is 7.05 Å². The number of nitrogens with zero attached hydrogens (tertiary/aromatic N) is 2. The first kappa shape index (κ1) is 13.5. The number of rotatable bonds is 3. The van der Waals surface area contributed by atoms with E-state index < -0.39 is 0 Å². The molecule has 0 saturated carbocycles. The summed E-state index contributed by atoms with van der Waals surface area (Å²) < 4.78 is 0. The Morgan fingerprint density at radius 1 is 1.15 bits per heavy atom. The minimum atomic E-state index is -0.335. The van der Waals surface area contributed by atoms with Crippen molar-refractivity contribution in [2.45, 2.75) is 44.3 Å². The second-order valence-corrected chi connectivity index (χ2v) is 6.24. The van der Waals surface area contributed by atoms with E-state index in [0.29, 0.717) is 32.4 Å². The molecular weight excluding hydrogens is 258 g/mol. The third-order valence-electron chi connectivity index (χ3n) is 4.81. The topological polar surface area (TPSA) is 69.7 Å². The minimum absolute atomic E-state index is 0.0680. The van der Waals surface area contributed by atoms with Crippen molar-refractivity contribution >= 4 is 17.6 Å². The summed E-state index contributed by atoms with van der Waals surface area (Å²) in [6, 6.07) is -0.424. The van der Waals surface area contributed by atoms with E-state index >= 15 is 0 Å². The number of hydrogen-bond acceptors (Lipinski definition) is 4. The van der Waals surface area contributed by atoms with Crippen LogP contribution in [0.5, 0.6) is 0 Å². The molecule has 3 rings (SSSR count). The highest BCUT2D eigenvalue weighted by atomic mass is 16.2. The van der Waals surface area contributed by atoms with E-state index in [2.05, 4.69) is 5.32 Å². The van der Waals surface area contributed by atoms with Crippen molar-refractivity contribution in [1.82, 2.24) is 15.1 Å². The van der Waals surface area contributed by atoms with Gasteiger partial charge in [0.2, 0.25) is 11.8 Å². The maximum absolute atomic E-state index is 12.5. The van der Waals surface area contributed by atoms with Gasteiger partial charge in [-0.25, -0.2) is 0 Å². The summed E-state index contributed by atoms with van der Waals surface area (Å²) in [6.07, 6.45) is 1.80. The molecule has 3 saturated heterocycles. The zero-order valence-corrected chi connectivity index (χ0v) is 12.0. The van der Waals surface area contributed by atoms with Crippen LogP contribution in [0, 0.1) is 5.92 Å². The quantitative estimate of drug-likeness (QED) is 0.748. The SMILES string of the molecule is CN[C@H]1CC2C(=O)N3C[C@@H](CC(C)=O)CC3C(=O)N2C1. The average molecular weight is 279 g/mol. The van der Waals surface area contributed by atoms with Crippen LogP contribution in [0.15, 0.2) is 0 Å². The summed E-state index contributed by atoms with van der Waals surface area (Å²) in [5.74, 6) is 0.410. The van der Waals surface area contributed by atoms with Crippen LogP contribution in [0.3, 0.4) is 0 Å². The van der Waals surface area contributed by atoms with Crippen LogP contribution in [0.1, 0.15) is 26.2 Å². The molecule has 4 atom stereocenters. The van der Waals surface area contributed by atoms with Gasteiger partial charge >= 0.3 is 0 Å². The van der Waals surface area contributed by atoms with Gasteiger partial charge in [-0.1, -0.05) is 0 Å². The number of piperazine rings is 1. The summed E-state index contributed by atoms with van der Waals surface area (Å²) in [5.41, 5.74) is 0. The largest absolute Gasteiger partial charge is 0.329 e. The molecule has 0 bridgehead atoms. The number of nitrogens with one attached hydrogen (secondary N) is 1. The molecule has 0 aliphatic carbocycles. The number of ketones is 1. The molecule has 0 radical (unpaired) electrons. The fraction of sp³-hybridized carbons (Fsp3) is 0.786. The van der Waals surface area contributed by atoms with Crippen LogP contribution in [-0.2, 0) is 14.4 Å². The smallest absolute Gasteiger partial charge is 0.246 e. The molecule has 0 aromatic carbocycles. The lowest BCUT2D eigenvalue weighted by atomic mass is 9.99. The fourth-order valence-electron chi connectivity index (χ4n) is 3.86. The third kappa shape index (κ3) is 2.02. The molecule has 0 aromatic heterocycles. The number of likely N-dealkylation sites (N-methyl/N-ethyl adjacent to an activating group) is 1. The van der Waals surface area contributed by atoms with Crippen molar-refractivity contribution in [3.05, 3.63) is 0 Å². The Morgan fingerprint density at radius 3 is 2.35 bits per heavy atom. The van der Waals surface area contributed by atoms with Crippen LogP contribution in [0.4, 0.5) is 0 Å². The monoisotopic (exact) mass is 279 g/mol. The Hall–Kier alpha value is -1.43. The van der Waals surface area contributed by atoms with Crippen LogP contribution in [-0.4, -0.2) is 65.7 Å². The Bertz CT molecular complexity index is 433. The van der Waals surface area contributed by atoms with Gasteiger partial charge in [0.05, 0.1) is 0 Å². The molecule has 6 heteroatoms. The van der Waals surface area contributed by atoms with Gasteiger partial charge in [0.25, 0.3) is 0 Å². The zero-order valence-electron chi connectivity index (χ0n) is 12.0. The highest BCUT2D eigenvalue weighted by molar-refractivity contribution is 5.98. The van der Waals surface area contributed by atoms with Crippen molar-refractivity contribution in [3.63, 3.8) is 0 Å². The predicted octanol–water partition coefficient (Wildman–Crippen LogP) is -0.615. The van der Waals surface area contributed by atoms with Gasteiger partial charge in [0.15, 0.2) is 0 Å². The Kier molecular flexibility index (Phi) is 3.28. The number of amides is 2. The molecular formula is C14H21N3O3. The number of carbonyl (C=O) groups is 3. The van der Waals surface area contributed by atoms with Gasteiger partial charge in [0, 0.05) is 25.6 Å². The van der Waals surface area contributed by atoms with Gasteiger partial charge in [-0.15, -0.1) is 0 Å². The fourth-order valence-corrected chi connectivity index (χ4v) is 3.86. The molecule has 3 heterocycles. The van der Waals surface area contributed by atoms with E-state index in [0.717, 1.165) is 0 Å². The zero-order chi connectivity index (χ0) is 14.4. The highest BCUT2D eigenvalue weighted by Gasteiger charge is 2.53. The van der Waals surface area contributed by atoms with Gasteiger partial charge in [-0.2, -0.15) is 0 Å². The molecule has 0 spiro atoms. The summed E-state index contributed by atoms with van der Waals surface area (Å²) in [6.45, 7) is 2.74. The predicted molar refractivity (Wildman–Crippen MR) is 71.9 cm³/mol. The Morgan fingerprint density at radius 2 is 1.75 bits per heavy atom. The summed E-state index contributed by atoms with van der Waals surface area (Å²) in [7, 11) is 1.86. The van der Waals surface area contributed by atoms with Crippen LogP contribution < -0.4 is 5.32 Å². The molecule has 3 aliphatic rings. The van der Waals surface area contributed by atoms with Crippen LogP contribution in [0.2, 0.25) is 0 Å². The second-order valence-electron chi connectivity index (χ2n) is 6.24. The normalized spacial score (nSPS) is 36.3. The van der Waals surface area contributed by atoms with Crippen molar-refractivity contribution in [1.29, 1.82) is 0 Å². The number of hydrogen-bond donors (Lipinski definition) is 1. The Balaban J connectivity index is 1.78. The molecule has 2 unspecified atom stereocenters. The van der Waals surface area contributed by atoms with Crippen molar-refractivity contribution in [3.8, 4) is 0 Å². The molecule has 0 aromatic rings. The molecule has 3 aliphatic heterocycles. The second kappa shape index (κ2) is 4.84. The van der Waals surface area contributed by atoms with E-state index in [9.17, 15) is 14.4 Å². The van der Waals surface area contributed by atoms with E-state index in [4.69, 9.17) is 0 Å². The first-order valence-corrected chi connectivity index (χ1v) is 7.29. The Labute approximate surface area is 118 Å².